The molecule has 1 heterocycles. The van der Waals surface area contributed by atoms with Gasteiger partial charge in [0.25, 0.3) is 0 Å². The summed E-state index contributed by atoms with van der Waals surface area (Å²) < 4.78 is 0. The first-order valence-corrected chi connectivity index (χ1v) is 5.07. The predicted octanol–water partition coefficient (Wildman–Crippen LogP) is 2.02. The number of carbonyl (C=O) groups is 1. The zero-order chi connectivity index (χ0) is 8.81. The summed E-state index contributed by atoms with van der Waals surface area (Å²) in [6.45, 7) is 3.14. The Kier molecular flexibility index (Phi) is 4.62. The van der Waals surface area contributed by atoms with Crippen molar-refractivity contribution in [2.24, 2.45) is 0 Å². The van der Waals surface area contributed by atoms with E-state index in [-0.39, 0.29) is 5.24 Å². The maximum absolute atomic E-state index is 10.5. The third-order valence-electron chi connectivity index (χ3n) is 2.32. The van der Waals surface area contributed by atoms with Gasteiger partial charge in [-0.2, -0.15) is 0 Å². The fraction of sp³-hybridized carbons (Fsp3) is 0.889. The Labute approximate surface area is 78.9 Å². The maximum Gasteiger partial charge on any atom is 0.222 e. The molecule has 0 aromatic heterocycles. The third kappa shape index (κ3) is 4.07. The molecule has 0 atom stereocenters. The Morgan fingerprint density at radius 3 is 2.25 bits per heavy atom. The summed E-state index contributed by atoms with van der Waals surface area (Å²) in [5, 5.41) is -0.209. The summed E-state index contributed by atoms with van der Waals surface area (Å²) in [6, 6.07) is 0. The minimum Gasteiger partial charge on any atom is -0.303 e. The van der Waals surface area contributed by atoms with Crippen molar-refractivity contribution < 1.29 is 4.79 Å². The highest BCUT2D eigenvalue weighted by Gasteiger charge is 2.09. The lowest BCUT2D eigenvalue weighted by Gasteiger charge is -2.17. The molecule has 2 nitrogen and oxygen atoms in total. The van der Waals surface area contributed by atoms with Crippen LogP contribution in [0.4, 0.5) is 0 Å². The van der Waals surface area contributed by atoms with Crippen molar-refractivity contribution >= 4 is 16.8 Å². The van der Waals surface area contributed by atoms with Crippen LogP contribution in [0.15, 0.2) is 0 Å². The van der Waals surface area contributed by atoms with Gasteiger partial charge in [0.1, 0.15) is 0 Å². The van der Waals surface area contributed by atoms with Gasteiger partial charge in [-0.3, -0.25) is 4.79 Å². The molecule has 1 aliphatic rings. The summed E-state index contributed by atoms with van der Waals surface area (Å²) in [6.07, 6.45) is 5.73. The quantitative estimate of drug-likeness (QED) is 0.634. The Morgan fingerprint density at radius 1 is 1.17 bits per heavy atom. The summed E-state index contributed by atoms with van der Waals surface area (Å²) in [5.41, 5.74) is 0. The first-order valence-electron chi connectivity index (χ1n) is 4.70. The lowest BCUT2D eigenvalue weighted by molar-refractivity contribution is -0.112. The number of halogens is 1. The van der Waals surface area contributed by atoms with E-state index in [0.29, 0.717) is 6.42 Å². The zero-order valence-electron chi connectivity index (χ0n) is 7.39. The molecule has 3 heteroatoms. The van der Waals surface area contributed by atoms with Crippen molar-refractivity contribution in [1.29, 1.82) is 0 Å². The van der Waals surface area contributed by atoms with E-state index in [0.717, 1.165) is 19.6 Å². The fourth-order valence-corrected chi connectivity index (χ4v) is 1.69. The first kappa shape index (κ1) is 10.0. The molecule has 1 saturated heterocycles. The number of rotatable bonds is 3. The smallest absolute Gasteiger partial charge is 0.222 e. The Hall–Kier alpha value is -0.0800. The van der Waals surface area contributed by atoms with Gasteiger partial charge in [-0.25, -0.2) is 0 Å². The van der Waals surface area contributed by atoms with Crippen molar-refractivity contribution in [2.45, 2.75) is 32.1 Å². The second kappa shape index (κ2) is 5.55. The summed E-state index contributed by atoms with van der Waals surface area (Å²) in [4.78, 5) is 12.9. The van der Waals surface area contributed by atoms with Crippen molar-refractivity contribution in [3.63, 3.8) is 0 Å². The second-order valence-corrected chi connectivity index (χ2v) is 3.78. The van der Waals surface area contributed by atoms with E-state index >= 15 is 0 Å². The van der Waals surface area contributed by atoms with E-state index in [1.54, 1.807) is 0 Å². The highest BCUT2D eigenvalue weighted by molar-refractivity contribution is 6.63. The lowest BCUT2D eigenvalue weighted by atomic mass is 10.2. The van der Waals surface area contributed by atoms with E-state index in [4.69, 9.17) is 11.6 Å². The highest BCUT2D eigenvalue weighted by atomic mass is 35.5. The van der Waals surface area contributed by atoms with Crippen LogP contribution in [0.3, 0.4) is 0 Å². The zero-order valence-corrected chi connectivity index (χ0v) is 8.15. The molecule has 0 spiro atoms. The van der Waals surface area contributed by atoms with Gasteiger partial charge >= 0.3 is 0 Å². The number of nitrogens with zero attached hydrogens (tertiary/aromatic N) is 1. The van der Waals surface area contributed by atoms with E-state index < -0.39 is 0 Å². The van der Waals surface area contributed by atoms with Gasteiger partial charge in [-0.15, -0.1) is 0 Å². The molecule has 0 bridgehead atoms. The van der Waals surface area contributed by atoms with Crippen LogP contribution in [-0.2, 0) is 4.79 Å². The molecule has 0 radical (unpaired) electrons. The van der Waals surface area contributed by atoms with E-state index in [1.165, 1.54) is 25.7 Å². The highest BCUT2D eigenvalue weighted by Crippen LogP contribution is 2.09. The van der Waals surface area contributed by atoms with Crippen molar-refractivity contribution in [2.75, 3.05) is 19.6 Å². The van der Waals surface area contributed by atoms with Gasteiger partial charge in [0, 0.05) is 13.0 Å². The normalized spacial score (nSPS) is 20.4. The molecule has 0 saturated carbocycles. The molecule has 12 heavy (non-hydrogen) atoms. The molecular formula is C9H16ClNO. The van der Waals surface area contributed by atoms with Crippen LogP contribution in [0.25, 0.3) is 0 Å². The van der Waals surface area contributed by atoms with E-state index in [2.05, 4.69) is 4.90 Å². The van der Waals surface area contributed by atoms with Gasteiger partial charge in [-0.1, -0.05) is 12.8 Å². The molecule has 1 rings (SSSR count). The molecule has 1 fully saturated rings. The first-order chi connectivity index (χ1) is 5.79. The van der Waals surface area contributed by atoms with Crippen molar-refractivity contribution in [3.05, 3.63) is 0 Å². The topological polar surface area (TPSA) is 20.3 Å². The predicted molar refractivity (Wildman–Crippen MR) is 50.4 cm³/mol. The average molecular weight is 190 g/mol. The number of hydrogen-bond donors (Lipinski definition) is 0. The average Bonchev–Trinajstić information content (AvgIpc) is 2.28. The largest absolute Gasteiger partial charge is 0.303 e. The molecule has 0 amide bonds. The molecule has 0 unspecified atom stereocenters. The Morgan fingerprint density at radius 2 is 1.75 bits per heavy atom. The molecule has 70 valence electrons. The van der Waals surface area contributed by atoms with Crippen LogP contribution in [0.2, 0.25) is 0 Å². The standard InChI is InChI=1S/C9H16ClNO/c10-9(12)5-8-11-6-3-1-2-4-7-11/h1-8H2. The van der Waals surface area contributed by atoms with Crippen molar-refractivity contribution in [3.8, 4) is 0 Å². The van der Waals surface area contributed by atoms with Crippen LogP contribution in [-0.4, -0.2) is 29.8 Å². The SMILES string of the molecule is O=C(Cl)CCN1CCCCCC1. The Bertz CT molecular complexity index is 141. The lowest BCUT2D eigenvalue weighted by Crippen LogP contribution is -2.26. The minimum absolute atomic E-state index is 0.209. The van der Waals surface area contributed by atoms with E-state index in [9.17, 15) is 4.79 Å². The van der Waals surface area contributed by atoms with Crippen LogP contribution in [0.5, 0.6) is 0 Å². The van der Waals surface area contributed by atoms with E-state index in [1.807, 2.05) is 0 Å². The minimum atomic E-state index is -0.209. The van der Waals surface area contributed by atoms with Crippen LogP contribution in [0, 0.1) is 0 Å². The van der Waals surface area contributed by atoms with Crippen LogP contribution in [0.1, 0.15) is 32.1 Å². The van der Waals surface area contributed by atoms with Crippen LogP contribution >= 0.6 is 11.6 Å². The van der Waals surface area contributed by atoms with Crippen LogP contribution < -0.4 is 0 Å². The van der Waals surface area contributed by atoms with Crippen molar-refractivity contribution in [1.82, 2.24) is 4.90 Å². The Balaban J connectivity index is 2.16. The monoisotopic (exact) mass is 189 g/mol. The maximum atomic E-state index is 10.5. The molecular weight excluding hydrogens is 174 g/mol. The van der Waals surface area contributed by atoms with Gasteiger partial charge < -0.3 is 4.90 Å². The summed E-state index contributed by atoms with van der Waals surface area (Å²) >= 11 is 5.27. The summed E-state index contributed by atoms with van der Waals surface area (Å²) in [5.74, 6) is 0. The second-order valence-electron chi connectivity index (χ2n) is 3.36. The van der Waals surface area contributed by atoms with Gasteiger partial charge in [0.15, 0.2) is 0 Å². The summed E-state index contributed by atoms with van der Waals surface area (Å²) in [7, 11) is 0. The third-order valence-corrected chi connectivity index (χ3v) is 2.51. The number of hydrogen-bond acceptors (Lipinski definition) is 2. The molecule has 0 aliphatic carbocycles. The fourth-order valence-electron chi connectivity index (χ4n) is 1.61. The number of carbonyl (C=O) groups excluding carboxylic acids is 1. The van der Waals surface area contributed by atoms with Gasteiger partial charge in [0.05, 0.1) is 0 Å². The number of likely N-dealkylation sites (tertiary alicyclic amines) is 1. The molecule has 1 aliphatic heterocycles. The molecule has 0 N–H and O–H groups in total. The molecule has 0 aromatic rings. The molecule has 0 aromatic carbocycles. The van der Waals surface area contributed by atoms with Gasteiger partial charge in [-0.05, 0) is 37.5 Å². The van der Waals surface area contributed by atoms with Gasteiger partial charge in [0.2, 0.25) is 5.24 Å².